The van der Waals surface area contributed by atoms with E-state index in [2.05, 4.69) is 15.2 Å². The van der Waals surface area contributed by atoms with E-state index in [1.807, 2.05) is 30.3 Å². The SMILES string of the molecule is COC(=O)c1c(C)[nH]c(C(=O)NC(CN2CCCC2)c2ccccc2)c1C. The van der Waals surface area contributed by atoms with Crippen LogP contribution in [0.5, 0.6) is 0 Å². The van der Waals surface area contributed by atoms with Gasteiger partial charge in [-0.05, 0) is 50.9 Å². The number of nitrogens with zero attached hydrogens (tertiary/aromatic N) is 1. The molecule has 3 rings (SSSR count). The van der Waals surface area contributed by atoms with Crippen LogP contribution in [0.3, 0.4) is 0 Å². The number of ether oxygens (including phenoxy) is 1. The van der Waals surface area contributed by atoms with Crippen LogP contribution in [0.1, 0.15) is 56.6 Å². The minimum absolute atomic E-state index is 0.110. The van der Waals surface area contributed by atoms with Gasteiger partial charge >= 0.3 is 5.97 Å². The van der Waals surface area contributed by atoms with Gasteiger partial charge in [0, 0.05) is 12.2 Å². The molecule has 1 fully saturated rings. The Labute approximate surface area is 159 Å². The quantitative estimate of drug-likeness (QED) is 0.768. The van der Waals surface area contributed by atoms with Crippen molar-refractivity contribution >= 4 is 11.9 Å². The minimum Gasteiger partial charge on any atom is -0.465 e. The molecule has 1 unspecified atom stereocenters. The number of amides is 1. The van der Waals surface area contributed by atoms with Crippen molar-refractivity contribution in [3.63, 3.8) is 0 Å². The fraction of sp³-hybridized carbons (Fsp3) is 0.429. The van der Waals surface area contributed by atoms with Gasteiger partial charge in [-0.2, -0.15) is 0 Å². The molecule has 144 valence electrons. The third kappa shape index (κ3) is 4.22. The van der Waals surface area contributed by atoms with E-state index in [4.69, 9.17) is 4.74 Å². The highest BCUT2D eigenvalue weighted by molar-refractivity contribution is 6.00. The highest BCUT2D eigenvalue weighted by Crippen LogP contribution is 2.22. The van der Waals surface area contributed by atoms with E-state index < -0.39 is 5.97 Å². The Hall–Kier alpha value is -2.60. The first-order valence-corrected chi connectivity index (χ1v) is 9.37. The molecule has 1 atom stereocenters. The first-order chi connectivity index (χ1) is 13.0. The van der Waals surface area contributed by atoms with Crippen molar-refractivity contribution in [1.29, 1.82) is 0 Å². The van der Waals surface area contributed by atoms with E-state index in [0.29, 0.717) is 22.5 Å². The van der Waals surface area contributed by atoms with Crippen LogP contribution in [0, 0.1) is 13.8 Å². The highest BCUT2D eigenvalue weighted by atomic mass is 16.5. The molecular weight excluding hydrogens is 342 g/mol. The Morgan fingerprint density at radius 2 is 1.85 bits per heavy atom. The molecule has 6 nitrogen and oxygen atoms in total. The number of aromatic amines is 1. The summed E-state index contributed by atoms with van der Waals surface area (Å²) in [7, 11) is 1.34. The van der Waals surface area contributed by atoms with Crippen LogP contribution in [0.2, 0.25) is 0 Å². The van der Waals surface area contributed by atoms with E-state index in [1.165, 1.54) is 20.0 Å². The van der Waals surface area contributed by atoms with Crippen molar-refractivity contribution in [2.75, 3.05) is 26.7 Å². The van der Waals surface area contributed by atoms with E-state index >= 15 is 0 Å². The van der Waals surface area contributed by atoms with Crippen LogP contribution in [0.15, 0.2) is 30.3 Å². The molecule has 0 saturated carbocycles. The number of hydrogen-bond acceptors (Lipinski definition) is 4. The van der Waals surface area contributed by atoms with Crippen molar-refractivity contribution in [3.05, 3.63) is 58.4 Å². The van der Waals surface area contributed by atoms with Gasteiger partial charge in [-0.15, -0.1) is 0 Å². The molecule has 0 spiro atoms. The molecule has 27 heavy (non-hydrogen) atoms. The molecule has 0 bridgehead atoms. The molecule has 2 heterocycles. The Balaban J connectivity index is 1.83. The van der Waals surface area contributed by atoms with Crippen molar-refractivity contribution in [2.45, 2.75) is 32.7 Å². The van der Waals surface area contributed by atoms with E-state index in [9.17, 15) is 9.59 Å². The summed E-state index contributed by atoms with van der Waals surface area (Å²) in [4.78, 5) is 30.4. The zero-order valence-electron chi connectivity index (χ0n) is 16.2. The lowest BCUT2D eigenvalue weighted by atomic mass is 10.1. The highest BCUT2D eigenvalue weighted by Gasteiger charge is 2.26. The normalized spacial score (nSPS) is 15.5. The summed E-state index contributed by atoms with van der Waals surface area (Å²) >= 11 is 0. The lowest BCUT2D eigenvalue weighted by molar-refractivity contribution is 0.0599. The number of esters is 1. The summed E-state index contributed by atoms with van der Waals surface area (Å²) in [6.07, 6.45) is 2.40. The molecule has 1 saturated heterocycles. The van der Waals surface area contributed by atoms with Gasteiger partial charge in [0.1, 0.15) is 5.69 Å². The summed E-state index contributed by atoms with van der Waals surface area (Å²) < 4.78 is 4.83. The number of aromatic nitrogens is 1. The maximum atomic E-state index is 13.0. The molecule has 6 heteroatoms. The minimum atomic E-state index is -0.433. The van der Waals surface area contributed by atoms with Gasteiger partial charge in [-0.3, -0.25) is 4.79 Å². The average Bonchev–Trinajstić information content (AvgIpc) is 3.29. The lowest BCUT2D eigenvalue weighted by Crippen LogP contribution is -2.37. The van der Waals surface area contributed by atoms with Gasteiger partial charge in [0.15, 0.2) is 0 Å². The number of likely N-dealkylation sites (tertiary alicyclic amines) is 1. The lowest BCUT2D eigenvalue weighted by Gasteiger charge is -2.25. The zero-order chi connectivity index (χ0) is 19.4. The Bertz CT molecular complexity index is 808. The van der Waals surface area contributed by atoms with Crippen LogP contribution >= 0.6 is 0 Å². The average molecular weight is 369 g/mol. The summed E-state index contributed by atoms with van der Waals surface area (Å²) in [6.45, 7) is 6.44. The predicted octanol–water partition coefficient (Wildman–Crippen LogP) is 2.99. The summed E-state index contributed by atoms with van der Waals surface area (Å²) in [5.74, 6) is -0.643. The van der Waals surface area contributed by atoms with Gasteiger partial charge in [-0.1, -0.05) is 30.3 Å². The maximum Gasteiger partial charge on any atom is 0.339 e. The second-order valence-corrected chi connectivity index (χ2v) is 7.06. The molecule has 1 aromatic heterocycles. The number of benzene rings is 1. The number of carbonyl (C=O) groups is 2. The monoisotopic (exact) mass is 369 g/mol. The summed E-state index contributed by atoms with van der Waals surface area (Å²) in [5, 5.41) is 3.15. The summed E-state index contributed by atoms with van der Waals surface area (Å²) in [5.41, 5.74) is 3.17. The number of H-pyrrole nitrogens is 1. The van der Waals surface area contributed by atoms with E-state index in [1.54, 1.807) is 13.8 Å². The van der Waals surface area contributed by atoms with Crippen molar-refractivity contribution in [2.24, 2.45) is 0 Å². The third-order valence-electron chi connectivity index (χ3n) is 5.20. The van der Waals surface area contributed by atoms with Gasteiger partial charge < -0.3 is 19.9 Å². The van der Waals surface area contributed by atoms with Crippen LogP contribution in [-0.4, -0.2) is 48.5 Å². The molecule has 1 aliphatic rings. The molecule has 1 aliphatic heterocycles. The van der Waals surface area contributed by atoms with Crippen molar-refractivity contribution in [3.8, 4) is 0 Å². The second kappa shape index (κ2) is 8.39. The smallest absolute Gasteiger partial charge is 0.339 e. The molecule has 1 amide bonds. The number of rotatable bonds is 6. The molecule has 1 aromatic carbocycles. The van der Waals surface area contributed by atoms with E-state index in [-0.39, 0.29) is 11.9 Å². The van der Waals surface area contributed by atoms with Gasteiger partial charge in [0.2, 0.25) is 0 Å². The standard InChI is InChI=1S/C21H27N3O3/c1-14-18(21(26)27-3)15(2)22-19(14)20(25)23-17(13-24-11-7-8-12-24)16-9-5-4-6-10-16/h4-6,9-10,17,22H,7-8,11-13H2,1-3H3,(H,23,25). The van der Waals surface area contributed by atoms with Crippen LogP contribution in [-0.2, 0) is 4.74 Å². The van der Waals surface area contributed by atoms with Crippen molar-refractivity contribution < 1.29 is 14.3 Å². The van der Waals surface area contributed by atoms with Crippen LogP contribution < -0.4 is 5.32 Å². The number of hydrogen-bond donors (Lipinski definition) is 2. The zero-order valence-corrected chi connectivity index (χ0v) is 16.2. The molecule has 0 aliphatic carbocycles. The molecule has 2 N–H and O–H groups in total. The van der Waals surface area contributed by atoms with Gasteiger partial charge in [-0.25, -0.2) is 4.79 Å². The van der Waals surface area contributed by atoms with Crippen LogP contribution in [0.4, 0.5) is 0 Å². The Kier molecular flexibility index (Phi) is 5.96. The molecule has 0 radical (unpaired) electrons. The predicted molar refractivity (Wildman–Crippen MR) is 104 cm³/mol. The molecule has 2 aromatic rings. The number of carbonyl (C=O) groups excluding carboxylic acids is 2. The number of methoxy groups -OCH3 is 1. The van der Waals surface area contributed by atoms with Crippen LogP contribution in [0.25, 0.3) is 0 Å². The first kappa shape index (κ1) is 19.2. The molecular formula is C21H27N3O3. The fourth-order valence-electron chi connectivity index (χ4n) is 3.76. The Morgan fingerprint density at radius 3 is 2.48 bits per heavy atom. The number of nitrogens with one attached hydrogen (secondary N) is 2. The summed E-state index contributed by atoms with van der Waals surface area (Å²) in [6, 6.07) is 9.90. The Morgan fingerprint density at radius 1 is 1.19 bits per heavy atom. The number of aryl methyl sites for hydroxylation is 1. The van der Waals surface area contributed by atoms with Crippen molar-refractivity contribution in [1.82, 2.24) is 15.2 Å². The topological polar surface area (TPSA) is 74.4 Å². The third-order valence-corrected chi connectivity index (χ3v) is 5.20. The van der Waals surface area contributed by atoms with Gasteiger partial charge in [0.25, 0.3) is 5.91 Å². The van der Waals surface area contributed by atoms with E-state index in [0.717, 1.165) is 25.2 Å². The maximum absolute atomic E-state index is 13.0. The largest absolute Gasteiger partial charge is 0.465 e. The fourth-order valence-corrected chi connectivity index (χ4v) is 3.76. The first-order valence-electron chi connectivity index (χ1n) is 9.37. The second-order valence-electron chi connectivity index (χ2n) is 7.06. The van der Waals surface area contributed by atoms with Gasteiger partial charge in [0.05, 0.1) is 18.7 Å².